The molecule has 1 aliphatic rings. The average Bonchev–Trinajstić information content (AvgIpc) is 2.35. The summed E-state index contributed by atoms with van der Waals surface area (Å²) in [5, 5.41) is 3.33. The molecule has 0 saturated carbocycles. The van der Waals surface area contributed by atoms with Crippen LogP contribution >= 0.6 is 11.6 Å². The summed E-state index contributed by atoms with van der Waals surface area (Å²) >= 11 is 6.08. The molecular formula is C14H17ClN2O2. The molecule has 1 saturated heterocycles. The summed E-state index contributed by atoms with van der Waals surface area (Å²) in [7, 11) is 0. The molecule has 1 atom stereocenters. The molecule has 19 heavy (non-hydrogen) atoms. The van der Waals surface area contributed by atoms with Crippen LogP contribution in [0.4, 0.5) is 5.69 Å². The van der Waals surface area contributed by atoms with Crippen LogP contribution in [0.2, 0.25) is 5.02 Å². The van der Waals surface area contributed by atoms with Gasteiger partial charge in [-0.2, -0.15) is 0 Å². The monoisotopic (exact) mass is 280 g/mol. The van der Waals surface area contributed by atoms with Crippen molar-refractivity contribution in [2.45, 2.75) is 26.8 Å². The molecule has 102 valence electrons. The van der Waals surface area contributed by atoms with Crippen molar-refractivity contribution in [2.75, 3.05) is 11.4 Å². The summed E-state index contributed by atoms with van der Waals surface area (Å²) in [6, 6.07) is 4.90. The molecule has 1 heterocycles. The van der Waals surface area contributed by atoms with Gasteiger partial charge in [-0.25, -0.2) is 0 Å². The third kappa shape index (κ3) is 2.59. The Kier molecular flexibility index (Phi) is 3.80. The van der Waals surface area contributed by atoms with E-state index in [1.165, 1.54) is 4.90 Å². The number of benzene rings is 1. The molecule has 1 N–H and O–H groups in total. The molecule has 4 nitrogen and oxygen atoms in total. The molecule has 2 rings (SSSR count). The predicted molar refractivity (Wildman–Crippen MR) is 75.3 cm³/mol. The summed E-state index contributed by atoms with van der Waals surface area (Å²) in [6.45, 7) is 5.72. The van der Waals surface area contributed by atoms with E-state index in [0.29, 0.717) is 10.7 Å². The average molecular weight is 281 g/mol. The maximum Gasteiger partial charge on any atom is 0.250 e. The maximum atomic E-state index is 12.4. The molecule has 1 aromatic rings. The topological polar surface area (TPSA) is 49.4 Å². The van der Waals surface area contributed by atoms with E-state index in [0.717, 1.165) is 5.56 Å². The van der Waals surface area contributed by atoms with Gasteiger partial charge in [0.1, 0.15) is 12.6 Å². The number of nitrogens with zero attached hydrogens (tertiary/aromatic N) is 1. The SMILES string of the molecule is Cc1c(Cl)cccc1N1CC(=O)NC(C(C)C)C1=O. The Balaban J connectivity index is 2.40. The number of amides is 2. The number of hydrogen-bond donors (Lipinski definition) is 1. The minimum atomic E-state index is -0.473. The van der Waals surface area contributed by atoms with Crippen LogP contribution in [0.5, 0.6) is 0 Å². The third-order valence-electron chi connectivity index (χ3n) is 3.35. The second kappa shape index (κ2) is 5.21. The van der Waals surface area contributed by atoms with Crippen LogP contribution in [0.1, 0.15) is 19.4 Å². The first-order chi connectivity index (χ1) is 8.91. The molecule has 0 spiro atoms. The molecule has 1 aliphatic heterocycles. The van der Waals surface area contributed by atoms with Crippen LogP contribution in [-0.4, -0.2) is 24.4 Å². The third-order valence-corrected chi connectivity index (χ3v) is 3.76. The standard InChI is InChI=1S/C14H17ClN2O2/c1-8(2)13-14(19)17(7-12(18)16-13)11-6-4-5-10(15)9(11)3/h4-6,8,13H,7H2,1-3H3,(H,16,18). The Morgan fingerprint density at radius 1 is 1.37 bits per heavy atom. The first-order valence-electron chi connectivity index (χ1n) is 6.27. The van der Waals surface area contributed by atoms with Gasteiger partial charge in [0.25, 0.3) is 0 Å². The van der Waals surface area contributed by atoms with Gasteiger partial charge in [-0.1, -0.05) is 31.5 Å². The lowest BCUT2D eigenvalue weighted by Crippen LogP contribution is -2.60. The molecule has 0 aliphatic carbocycles. The summed E-state index contributed by atoms with van der Waals surface area (Å²) < 4.78 is 0. The van der Waals surface area contributed by atoms with Crippen LogP contribution in [-0.2, 0) is 9.59 Å². The zero-order chi connectivity index (χ0) is 14.2. The Morgan fingerprint density at radius 2 is 2.05 bits per heavy atom. The van der Waals surface area contributed by atoms with Gasteiger partial charge in [0.15, 0.2) is 0 Å². The summed E-state index contributed by atoms with van der Waals surface area (Å²) in [5.41, 5.74) is 1.52. The number of rotatable bonds is 2. The zero-order valence-electron chi connectivity index (χ0n) is 11.2. The lowest BCUT2D eigenvalue weighted by Gasteiger charge is -2.35. The van der Waals surface area contributed by atoms with Crippen molar-refractivity contribution in [3.8, 4) is 0 Å². The number of piperazine rings is 1. The fraction of sp³-hybridized carbons (Fsp3) is 0.429. The smallest absolute Gasteiger partial charge is 0.250 e. The van der Waals surface area contributed by atoms with Gasteiger partial charge in [-0.3, -0.25) is 9.59 Å². The van der Waals surface area contributed by atoms with Crippen molar-refractivity contribution < 1.29 is 9.59 Å². The summed E-state index contributed by atoms with van der Waals surface area (Å²) in [5.74, 6) is -0.170. The summed E-state index contributed by atoms with van der Waals surface area (Å²) in [6.07, 6.45) is 0. The van der Waals surface area contributed by atoms with Gasteiger partial charge in [-0.05, 0) is 30.5 Å². The molecule has 2 amide bonds. The number of carbonyl (C=O) groups is 2. The van der Waals surface area contributed by atoms with Gasteiger partial charge >= 0.3 is 0 Å². The van der Waals surface area contributed by atoms with E-state index in [1.807, 2.05) is 26.8 Å². The maximum absolute atomic E-state index is 12.4. The molecule has 1 aromatic carbocycles. The largest absolute Gasteiger partial charge is 0.342 e. The molecule has 0 aromatic heterocycles. The van der Waals surface area contributed by atoms with Crippen LogP contribution in [0.15, 0.2) is 18.2 Å². The lowest BCUT2D eigenvalue weighted by atomic mass is 9.99. The van der Waals surface area contributed by atoms with Crippen molar-refractivity contribution in [3.05, 3.63) is 28.8 Å². The highest BCUT2D eigenvalue weighted by molar-refractivity contribution is 6.31. The minimum absolute atomic E-state index is 0.0449. The molecular weight excluding hydrogens is 264 g/mol. The summed E-state index contributed by atoms with van der Waals surface area (Å²) in [4.78, 5) is 25.7. The van der Waals surface area contributed by atoms with E-state index < -0.39 is 6.04 Å². The highest BCUT2D eigenvalue weighted by Crippen LogP contribution is 2.28. The Labute approximate surface area is 117 Å². The van der Waals surface area contributed by atoms with E-state index in [4.69, 9.17) is 11.6 Å². The highest BCUT2D eigenvalue weighted by atomic mass is 35.5. The second-order valence-corrected chi connectivity index (χ2v) is 5.50. The van der Waals surface area contributed by atoms with Crippen molar-refractivity contribution in [2.24, 2.45) is 5.92 Å². The van der Waals surface area contributed by atoms with Crippen LogP contribution in [0.25, 0.3) is 0 Å². The first kappa shape index (κ1) is 13.9. The second-order valence-electron chi connectivity index (χ2n) is 5.10. The Bertz CT molecular complexity index is 528. The first-order valence-corrected chi connectivity index (χ1v) is 6.65. The van der Waals surface area contributed by atoms with E-state index in [2.05, 4.69) is 5.32 Å². The highest BCUT2D eigenvalue weighted by Gasteiger charge is 2.35. The van der Waals surface area contributed by atoms with Crippen LogP contribution < -0.4 is 10.2 Å². The Morgan fingerprint density at radius 3 is 2.68 bits per heavy atom. The number of carbonyl (C=O) groups excluding carboxylic acids is 2. The van der Waals surface area contributed by atoms with Gasteiger partial charge in [0.05, 0.1) is 0 Å². The van der Waals surface area contributed by atoms with Gasteiger partial charge in [-0.15, -0.1) is 0 Å². The molecule has 0 bridgehead atoms. The van der Waals surface area contributed by atoms with E-state index in [1.54, 1.807) is 12.1 Å². The van der Waals surface area contributed by atoms with Crippen molar-refractivity contribution in [1.82, 2.24) is 5.32 Å². The van der Waals surface area contributed by atoms with E-state index >= 15 is 0 Å². The number of hydrogen-bond acceptors (Lipinski definition) is 2. The van der Waals surface area contributed by atoms with Gasteiger partial charge in [0.2, 0.25) is 11.8 Å². The van der Waals surface area contributed by atoms with Gasteiger partial charge in [0, 0.05) is 10.7 Å². The van der Waals surface area contributed by atoms with Crippen molar-refractivity contribution in [3.63, 3.8) is 0 Å². The fourth-order valence-corrected chi connectivity index (χ4v) is 2.38. The zero-order valence-corrected chi connectivity index (χ0v) is 12.0. The number of halogens is 1. The van der Waals surface area contributed by atoms with E-state index in [-0.39, 0.29) is 24.3 Å². The predicted octanol–water partition coefficient (Wildman–Crippen LogP) is 2.14. The van der Waals surface area contributed by atoms with Crippen molar-refractivity contribution >= 4 is 29.1 Å². The normalized spacial score (nSPS) is 19.8. The van der Waals surface area contributed by atoms with Crippen molar-refractivity contribution in [1.29, 1.82) is 0 Å². The quantitative estimate of drug-likeness (QED) is 0.902. The van der Waals surface area contributed by atoms with Crippen LogP contribution in [0, 0.1) is 12.8 Å². The molecule has 5 heteroatoms. The van der Waals surface area contributed by atoms with E-state index in [9.17, 15) is 9.59 Å². The Hall–Kier alpha value is -1.55. The molecule has 1 fully saturated rings. The molecule has 0 radical (unpaired) electrons. The lowest BCUT2D eigenvalue weighted by molar-refractivity contribution is -0.132. The molecule has 1 unspecified atom stereocenters. The minimum Gasteiger partial charge on any atom is -0.342 e. The van der Waals surface area contributed by atoms with Crippen LogP contribution in [0.3, 0.4) is 0 Å². The number of nitrogens with one attached hydrogen (secondary N) is 1. The number of anilines is 1. The fourth-order valence-electron chi connectivity index (χ4n) is 2.21. The van der Waals surface area contributed by atoms with Gasteiger partial charge < -0.3 is 10.2 Å².